The van der Waals surface area contributed by atoms with Gasteiger partial charge in [-0.1, -0.05) is 12.1 Å². The fourth-order valence-electron chi connectivity index (χ4n) is 3.29. The number of rotatable bonds is 8. The number of hydrogen-bond donors (Lipinski definition) is 3. The summed E-state index contributed by atoms with van der Waals surface area (Å²) in [5, 5.41) is 31.5. The van der Waals surface area contributed by atoms with E-state index < -0.39 is 33.3 Å². The Bertz CT molecular complexity index is 1040. The first-order valence-electron chi connectivity index (χ1n) is 9.51. The van der Waals surface area contributed by atoms with E-state index in [0.717, 1.165) is 6.33 Å². The minimum atomic E-state index is -0.903. The second kappa shape index (κ2) is 9.63. The SMILES string of the molecule is O=C(Cc1ccc([N+](=O)[O-])cc1)NNc1ncnc(N2CCC(C(=O)O)CC2)c1[N+](=O)[O-]. The molecular weight excluding hydrogens is 426 g/mol. The average Bonchev–Trinajstić information content (AvgIpc) is 2.77. The van der Waals surface area contributed by atoms with Crippen molar-refractivity contribution in [3.05, 3.63) is 56.4 Å². The Morgan fingerprint density at radius 3 is 2.31 bits per heavy atom. The van der Waals surface area contributed by atoms with Crippen LogP contribution >= 0.6 is 0 Å². The van der Waals surface area contributed by atoms with E-state index >= 15 is 0 Å². The Morgan fingerprint density at radius 2 is 1.75 bits per heavy atom. The van der Waals surface area contributed by atoms with Crippen LogP contribution in [-0.2, 0) is 16.0 Å². The predicted molar refractivity (Wildman–Crippen MR) is 110 cm³/mol. The van der Waals surface area contributed by atoms with Crippen molar-refractivity contribution >= 4 is 34.9 Å². The molecule has 0 radical (unpaired) electrons. The summed E-state index contributed by atoms with van der Waals surface area (Å²) in [6.45, 7) is 0.557. The molecule has 2 heterocycles. The monoisotopic (exact) mass is 445 g/mol. The number of benzene rings is 1. The first-order chi connectivity index (χ1) is 15.3. The second-order valence-corrected chi connectivity index (χ2v) is 7.02. The van der Waals surface area contributed by atoms with Gasteiger partial charge in [0.25, 0.3) is 5.69 Å². The molecule has 2 aromatic rings. The highest BCUT2D eigenvalue weighted by molar-refractivity contribution is 5.81. The fourth-order valence-corrected chi connectivity index (χ4v) is 3.29. The smallest absolute Gasteiger partial charge is 0.355 e. The lowest BCUT2D eigenvalue weighted by Crippen LogP contribution is -2.37. The van der Waals surface area contributed by atoms with Crippen molar-refractivity contribution in [2.45, 2.75) is 19.3 Å². The van der Waals surface area contributed by atoms with E-state index in [2.05, 4.69) is 20.8 Å². The number of amides is 1. The highest BCUT2D eigenvalue weighted by Crippen LogP contribution is 2.33. The van der Waals surface area contributed by atoms with Gasteiger partial charge < -0.3 is 10.0 Å². The lowest BCUT2D eigenvalue weighted by Gasteiger charge is -2.30. The number of carbonyl (C=O) groups excluding carboxylic acids is 1. The number of carboxylic acids is 1. The van der Waals surface area contributed by atoms with Crippen LogP contribution in [-0.4, -0.2) is 49.9 Å². The van der Waals surface area contributed by atoms with Crippen molar-refractivity contribution in [2.75, 3.05) is 23.4 Å². The van der Waals surface area contributed by atoms with E-state index in [1.54, 1.807) is 4.90 Å². The molecule has 1 aromatic heterocycles. The van der Waals surface area contributed by atoms with Crippen LogP contribution in [0.15, 0.2) is 30.6 Å². The van der Waals surface area contributed by atoms with Crippen molar-refractivity contribution in [3.8, 4) is 0 Å². The summed E-state index contributed by atoms with van der Waals surface area (Å²) >= 11 is 0. The molecule has 168 valence electrons. The quantitative estimate of drug-likeness (QED) is 0.391. The molecule has 1 amide bonds. The summed E-state index contributed by atoms with van der Waals surface area (Å²) in [6.07, 6.45) is 1.63. The molecule has 1 fully saturated rings. The molecule has 1 aliphatic rings. The number of carbonyl (C=O) groups is 2. The molecule has 0 bridgehead atoms. The zero-order valence-corrected chi connectivity index (χ0v) is 16.6. The number of hydrogen-bond acceptors (Lipinski definition) is 10. The highest BCUT2D eigenvalue weighted by Gasteiger charge is 2.31. The number of aliphatic carboxylic acids is 1. The molecule has 14 nitrogen and oxygen atoms in total. The maximum atomic E-state index is 12.2. The lowest BCUT2D eigenvalue weighted by molar-refractivity contribution is -0.384. The van der Waals surface area contributed by atoms with Gasteiger partial charge in [-0.25, -0.2) is 9.97 Å². The molecule has 0 unspecified atom stereocenters. The summed E-state index contributed by atoms with van der Waals surface area (Å²) in [4.78, 5) is 53.9. The van der Waals surface area contributed by atoms with Crippen LogP contribution in [0.4, 0.5) is 23.0 Å². The van der Waals surface area contributed by atoms with Gasteiger partial charge in [-0.3, -0.25) is 40.7 Å². The number of non-ortho nitro benzene ring substituents is 1. The Kier molecular flexibility index (Phi) is 6.72. The average molecular weight is 445 g/mol. The number of aromatic nitrogens is 2. The van der Waals surface area contributed by atoms with Crippen LogP contribution in [0, 0.1) is 26.1 Å². The maximum absolute atomic E-state index is 12.2. The number of piperidine rings is 1. The standard InChI is InChI=1S/C18H19N7O7/c26-14(9-11-1-3-13(4-2-11)24(29)30)21-22-16-15(25(31)32)17(20-10-19-16)23-7-5-12(6-8-23)18(27)28/h1-4,10,12H,5-9H2,(H,21,26)(H,27,28)(H,19,20,22). The largest absolute Gasteiger partial charge is 0.481 e. The van der Waals surface area contributed by atoms with E-state index in [1.807, 2.05) is 0 Å². The molecule has 0 spiro atoms. The third-order valence-electron chi connectivity index (χ3n) is 4.96. The lowest BCUT2D eigenvalue weighted by atomic mass is 9.97. The summed E-state index contributed by atoms with van der Waals surface area (Å²) in [5.74, 6) is -2.16. The van der Waals surface area contributed by atoms with Crippen LogP contribution in [0.1, 0.15) is 18.4 Å². The highest BCUT2D eigenvalue weighted by atomic mass is 16.6. The van der Waals surface area contributed by atoms with E-state index in [4.69, 9.17) is 5.11 Å². The van der Waals surface area contributed by atoms with Crippen molar-refractivity contribution in [3.63, 3.8) is 0 Å². The number of nitro benzene ring substituents is 1. The fraction of sp³-hybridized carbons (Fsp3) is 0.333. The van der Waals surface area contributed by atoms with Gasteiger partial charge in [0.05, 0.1) is 22.2 Å². The molecule has 0 aliphatic carbocycles. The van der Waals surface area contributed by atoms with E-state index in [9.17, 15) is 29.8 Å². The molecule has 1 saturated heterocycles. The zero-order valence-electron chi connectivity index (χ0n) is 16.6. The summed E-state index contributed by atoms with van der Waals surface area (Å²) < 4.78 is 0. The molecule has 32 heavy (non-hydrogen) atoms. The topological polar surface area (TPSA) is 194 Å². The number of nitro groups is 2. The third-order valence-corrected chi connectivity index (χ3v) is 4.96. The van der Waals surface area contributed by atoms with E-state index in [1.165, 1.54) is 24.3 Å². The van der Waals surface area contributed by atoms with E-state index in [-0.39, 0.29) is 36.8 Å². The predicted octanol–water partition coefficient (Wildman–Crippen LogP) is 1.28. The normalized spacial score (nSPS) is 13.9. The van der Waals surface area contributed by atoms with Gasteiger partial charge in [-0.05, 0) is 18.4 Å². The Morgan fingerprint density at radius 1 is 1.09 bits per heavy atom. The van der Waals surface area contributed by atoms with Gasteiger partial charge in [-0.2, -0.15) is 0 Å². The first kappa shape index (κ1) is 22.3. The van der Waals surface area contributed by atoms with Crippen LogP contribution in [0.5, 0.6) is 0 Å². The van der Waals surface area contributed by atoms with Crippen LogP contribution < -0.4 is 15.8 Å². The Hall–Kier alpha value is -4.36. The van der Waals surface area contributed by atoms with E-state index in [0.29, 0.717) is 18.4 Å². The van der Waals surface area contributed by atoms with Gasteiger partial charge in [0.15, 0.2) is 0 Å². The third kappa shape index (κ3) is 5.21. The number of nitrogens with zero attached hydrogens (tertiary/aromatic N) is 5. The number of hydrazine groups is 1. The van der Waals surface area contributed by atoms with Gasteiger partial charge in [0.2, 0.25) is 17.5 Å². The van der Waals surface area contributed by atoms with Gasteiger partial charge >= 0.3 is 11.7 Å². The number of carboxylic acid groups (broad SMARTS) is 1. The Labute approximate surface area is 180 Å². The molecule has 3 rings (SSSR count). The molecule has 0 saturated carbocycles. The van der Waals surface area contributed by atoms with Gasteiger partial charge in [0.1, 0.15) is 6.33 Å². The molecule has 0 atom stereocenters. The maximum Gasteiger partial charge on any atom is 0.355 e. The number of nitrogens with one attached hydrogen (secondary N) is 2. The number of anilines is 2. The molecular formula is C18H19N7O7. The zero-order chi connectivity index (χ0) is 23.3. The molecule has 1 aliphatic heterocycles. The van der Waals surface area contributed by atoms with Gasteiger partial charge in [0, 0.05) is 25.2 Å². The second-order valence-electron chi connectivity index (χ2n) is 7.02. The van der Waals surface area contributed by atoms with Crippen molar-refractivity contribution in [1.82, 2.24) is 15.4 Å². The minimum Gasteiger partial charge on any atom is -0.481 e. The molecule has 1 aromatic carbocycles. The minimum absolute atomic E-state index is 0.0287. The van der Waals surface area contributed by atoms with Crippen molar-refractivity contribution in [1.29, 1.82) is 0 Å². The van der Waals surface area contributed by atoms with Crippen molar-refractivity contribution in [2.24, 2.45) is 5.92 Å². The van der Waals surface area contributed by atoms with Crippen LogP contribution in [0.2, 0.25) is 0 Å². The Balaban J connectivity index is 1.68. The molecule has 3 N–H and O–H groups in total. The summed E-state index contributed by atoms with van der Waals surface area (Å²) in [7, 11) is 0. The summed E-state index contributed by atoms with van der Waals surface area (Å²) in [6, 6.07) is 5.41. The molecule has 14 heteroatoms. The van der Waals surface area contributed by atoms with Gasteiger partial charge in [-0.15, -0.1) is 0 Å². The van der Waals surface area contributed by atoms with Crippen LogP contribution in [0.25, 0.3) is 0 Å². The summed E-state index contributed by atoms with van der Waals surface area (Å²) in [5.41, 5.74) is 4.70. The van der Waals surface area contributed by atoms with Crippen molar-refractivity contribution < 1.29 is 24.5 Å². The van der Waals surface area contributed by atoms with Crippen LogP contribution in [0.3, 0.4) is 0 Å². The first-order valence-corrected chi connectivity index (χ1v) is 9.51.